The number of halogens is 2. The summed E-state index contributed by atoms with van der Waals surface area (Å²) in [5.41, 5.74) is -1.97. The van der Waals surface area contributed by atoms with E-state index in [0.29, 0.717) is 6.42 Å². The molecule has 152 valence electrons. The highest BCUT2D eigenvalue weighted by Gasteiger charge is 2.56. The van der Waals surface area contributed by atoms with Crippen LogP contribution in [0.15, 0.2) is 18.2 Å². The molecule has 28 heavy (non-hydrogen) atoms. The van der Waals surface area contributed by atoms with Crippen molar-refractivity contribution in [3.05, 3.63) is 34.6 Å². The lowest BCUT2D eigenvalue weighted by Gasteiger charge is -2.31. The fraction of sp³-hybridized carbons (Fsp3) is 0.619. The van der Waals surface area contributed by atoms with Crippen LogP contribution in [0.25, 0.3) is 0 Å². The van der Waals surface area contributed by atoms with Crippen LogP contribution < -0.4 is 5.32 Å². The minimum Gasteiger partial charge on any atom is -0.459 e. The molecule has 1 heterocycles. The maximum Gasteiger partial charge on any atom is 0.323 e. The number of carbonyl (C=O) groups is 1. The van der Waals surface area contributed by atoms with Gasteiger partial charge in [-0.05, 0) is 64.0 Å². The maximum atomic E-state index is 14.8. The van der Waals surface area contributed by atoms with Gasteiger partial charge in [0.2, 0.25) is 0 Å². The van der Waals surface area contributed by atoms with Gasteiger partial charge in [-0.1, -0.05) is 17.7 Å². The standard InChI is InChI=1S/C21H26ClFN2O3/c1-19(2,3)28-18(27)16-9-21(11-24,14-5-4-13(22)8-15(14)23)17(25-16)10-20(12-26)6-7-20/h4-5,8,16-17,25-26H,6-7,9-10,12H2,1-3H3. The molecule has 0 amide bonds. The van der Waals surface area contributed by atoms with E-state index in [2.05, 4.69) is 11.4 Å². The molecule has 1 aromatic rings. The third kappa shape index (κ3) is 4.03. The summed E-state index contributed by atoms with van der Waals surface area (Å²) >= 11 is 5.89. The molecule has 0 bridgehead atoms. The number of esters is 1. The zero-order chi connectivity index (χ0) is 20.7. The molecule has 1 aromatic carbocycles. The Bertz CT molecular complexity index is 813. The Morgan fingerprint density at radius 3 is 2.64 bits per heavy atom. The second-order valence-electron chi connectivity index (χ2n) is 9.08. The Morgan fingerprint density at radius 2 is 2.14 bits per heavy atom. The maximum absolute atomic E-state index is 14.8. The van der Waals surface area contributed by atoms with Crippen LogP contribution in [0.4, 0.5) is 4.39 Å². The van der Waals surface area contributed by atoms with Crippen molar-refractivity contribution in [2.75, 3.05) is 6.61 Å². The lowest BCUT2D eigenvalue weighted by atomic mass is 9.71. The second-order valence-corrected chi connectivity index (χ2v) is 9.52. The van der Waals surface area contributed by atoms with Crippen molar-refractivity contribution >= 4 is 17.6 Å². The molecule has 3 atom stereocenters. The molecule has 7 heteroatoms. The van der Waals surface area contributed by atoms with E-state index >= 15 is 0 Å². The van der Waals surface area contributed by atoms with Gasteiger partial charge in [0.25, 0.3) is 0 Å². The molecule has 2 fully saturated rings. The van der Waals surface area contributed by atoms with E-state index in [0.717, 1.165) is 12.8 Å². The van der Waals surface area contributed by atoms with Gasteiger partial charge in [-0.15, -0.1) is 0 Å². The summed E-state index contributed by atoms with van der Waals surface area (Å²) in [5.74, 6) is -1.03. The predicted octanol–water partition coefficient (Wildman–Crippen LogP) is 3.48. The van der Waals surface area contributed by atoms with Gasteiger partial charge in [-0.3, -0.25) is 10.1 Å². The van der Waals surface area contributed by atoms with E-state index in [1.165, 1.54) is 12.1 Å². The summed E-state index contributed by atoms with van der Waals surface area (Å²) in [4.78, 5) is 12.7. The van der Waals surface area contributed by atoms with Crippen molar-refractivity contribution in [2.45, 2.75) is 69.6 Å². The summed E-state index contributed by atoms with van der Waals surface area (Å²) in [6.07, 6.45) is 2.29. The minimum atomic E-state index is -1.25. The Balaban J connectivity index is 1.98. The molecule has 2 aliphatic rings. The average Bonchev–Trinajstić information content (AvgIpc) is 3.27. The first-order valence-electron chi connectivity index (χ1n) is 9.51. The van der Waals surface area contributed by atoms with Crippen molar-refractivity contribution in [2.24, 2.45) is 5.41 Å². The number of nitriles is 1. The highest BCUT2D eigenvalue weighted by atomic mass is 35.5. The van der Waals surface area contributed by atoms with Crippen LogP contribution in [0.3, 0.4) is 0 Å². The summed E-state index contributed by atoms with van der Waals surface area (Å²) < 4.78 is 20.3. The number of rotatable bonds is 5. The molecule has 3 rings (SSSR count). The van der Waals surface area contributed by atoms with Gasteiger partial charge in [0.15, 0.2) is 0 Å². The summed E-state index contributed by atoms with van der Waals surface area (Å²) in [5, 5.41) is 23.4. The molecular formula is C21H26ClFN2O3. The topological polar surface area (TPSA) is 82.4 Å². The van der Waals surface area contributed by atoms with Crippen LogP contribution in [0, 0.1) is 22.6 Å². The van der Waals surface area contributed by atoms with Crippen LogP contribution in [0.5, 0.6) is 0 Å². The largest absolute Gasteiger partial charge is 0.459 e. The Morgan fingerprint density at radius 1 is 1.46 bits per heavy atom. The van der Waals surface area contributed by atoms with Gasteiger partial charge in [0, 0.05) is 23.2 Å². The highest BCUT2D eigenvalue weighted by Crippen LogP contribution is 2.53. The van der Waals surface area contributed by atoms with Crippen molar-refractivity contribution in [1.82, 2.24) is 5.32 Å². The van der Waals surface area contributed by atoms with Gasteiger partial charge in [-0.25, -0.2) is 4.39 Å². The molecule has 3 unspecified atom stereocenters. The molecule has 1 aliphatic heterocycles. The normalized spacial score (nSPS) is 28.6. The Hall–Kier alpha value is -1.68. The number of aliphatic hydroxyl groups excluding tert-OH is 1. The number of hydrogen-bond donors (Lipinski definition) is 2. The molecule has 0 spiro atoms. The van der Waals surface area contributed by atoms with E-state index in [1.54, 1.807) is 26.8 Å². The lowest BCUT2D eigenvalue weighted by molar-refractivity contribution is -0.157. The third-order valence-corrected chi connectivity index (χ3v) is 5.99. The number of ether oxygens (including phenoxy) is 1. The van der Waals surface area contributed by atoms with Crippen molar-refractivity contribution < 1.29 is 19.0 Å². The quantitative estimate of drug-likeness (QED) is 0.729. The summed E-state index contributed by atoms with van der Waals surface area (Å²) in [7, 11) is 0. The zero-order valence-corrected chi connectivity index (χ0v) is 17.1. The van der Waals surface area contributed by atoms with E-state index < -0.39 is 34.9 Å². The van der Waals surface area contributed by atoms with Gasteiger partial charge in [0.1, 0.15) is 22.9 Å². The number of nitrogens with zero attached hydrogens (tertiary/aromatic N) is 1. The lowest BCUT2D eigenvalue weighted by Crippen LogP contribution is -2.44. The third-order valence-electron chi connectivity index (χ3n) is 5.76. The van der Waals surface area contributed by atoms with Crippen LogP contribution in [0.2, 0.25) is 5.02 Å². The van der Waals surface area contributed by atoms with E-state index in [1.807, 2.05) is 0 Å². The second kappa shape index (κ2) is 7.29. The summed E-state index contributed by atoms with van der Waals surface area (Å²) in [6.45, 7) is 5.34. The average molecular weight is 409 g/mol. The van der Waals surface area contributed by atoms with E-state index in [-0.39, 0.29) is 29.0 Å². The monoisotopic (exact) mass is 408 g/mol. The van der Waals surface area contributed by atoms with Crippen LogP contribution in [-0.2, 0) is 14.9 Å². The molecule has 1 saturated carbocycles. The smallest absolute Gasteiger partial charge is 0.323 e. The molecule has 0 radical (unpaired) electrons. The zero-order valence-electron chi connectivity index (χ0n) is 16.4. The van der Waals surface area contributed by atoms with E-state index in [9.17, 15) is 19.6 Å². The van der Waals surface area contributed by atoms with Crippen LogP contribution >= 0.6 is 11.6 Å². The number of hydrogen-bond acceptors (Lipinski definition) is 5. The van der Waals surface area contributed by atoms with Crippen LogP contribution in [-0.4, -0.2) is 35.4 Å². The molecule has 0 aromatic heterocycles. The fourth-order valence-electron chi connectivity index (χ4n) is 4.04. The number of carbonyl (C=O) groups excluding carboxylic acids is 1. The molecular weight excluding hydrogens is 383 g/mol. The first-order chi connectivity index (χ1) is 13.0. The molecule has 1 saturated heterocycles. The van der Waals surface area contributed by atoms with E-state index in [4.69, 9.17) is 16.3 Å². The molecule has 1 aliphatic carbocycles. The minimum absolute atomic E-state index is 0.00684. The SMILES string of the molecule is CC(C)(C)OC(=O)C1CC(C#N)(c2ccc(Cl)cc2F)C(CC2(CO)CC2)N1. The van der Waals surface area contributed by atoms with Crippen LogP contribution in [0.1, 0.15) is 52.0 Å². The number of aliphatic hydroxyl groups is 1. The molecule has 2 N–H and O–H groups in total. The van der Waals surface area contributed by atoms with Crippen molar-refractivity contribution in [3.63, 3.8) is 0 Å². The first kappa shape index (κ1) is 21.0. The van der Waals surface area contributed by atoms with Gasteiger partial charge in [0.05, 0.1) is 6.07 Å². The molecule has 5 nitrogen and oxygen atoms in total. The first-order valence-corrected chi connectivity index (χ1v) is 9.89. The van der Waals surface area contributed by atoms with Gasteiger partial charge < -0.3 is 9.84 Å². The number of benzene rings is 1. The van der Waals surface area contributed by atoms with Gasteiger partial charge >= 0.3 is 5.97 Å². The highest BCUT2D eigenvalue weighted by molar-refractivity contribution is 6.30. The summed E-state index contributed by atoms with van der Waals surface area (Å²) in [6, 6.07) is 5.34. The van der Waals surface area contributed by atoms with Gasteiger partial charge in [-0.2, -0.15) is 5.26 Å². The number of nitrogens with one attached hydrogen (secondary N) is 1. The predicted molar refractivity (Wildman–Crippen MR) is 103 cm³/mol. The Labute approximate surface area is 169 Å². The van der Waals surface area contributed by atoms with Crippen molar-refractivity contribution in [3.8, 4) is 6.07 Å². The Kier molecular flexibility index (Phi) is 5.48. The van der Waals surface area contributed by atoms with Crippen molar-refractivity contribution in [1.29, 1.82) is 5.26 Å². The fourth-order valence-corrected chi connectivity index (χ4v) is 4.19.